The predicted molar refractivity (Wildman–Crippen MR) is 89.0 cm³/mol. The summed E-state index contributed by atoms with van der Waals surface area (Å²) >= 11 is 0. The van der Waals surface area contributed by atoms with Crippen LogP contribution in [0.1, 0.15) is 33.6 Å². The predicted octanol–water partition coefficient (Wildman–Crippen LogP) is 2.26. The summed E-state index contributed by atoms with van der Waals surface area (Å²) < 4.78 is 19.2. The van der Waals surface area contributed by atoms with Gasteiger partial charge in [-0.15, -0.1) is 0 Å². The van der Waals surface area contributed by atoms with E-state index in [9.17, 15) is 14.0 Å². The normalized spacial score (nSPS) is 15.5. The fraction of sp³-hybridized carbons (Fsp3) is 0.556. The highest BCUT2D eigenvalue weighted by atomic mass is 19.1. The van der Waals surface area contributed by atoms with Gasteiger partial charge in [-0.1, -0.05) is 32.9 Å². The lowest BCUT2D eigenvalue weighted by Crippen LogP contribution is -2.50. The Morgan fingerprint density at radius 2 is 1.96 bits per heavy atom. The summed E-state index contributed by atoms with van der Waals surface area (Å²) in [6, 6.07) is 5.84. The maximum atomic E-state index is 13.6. The van der Waals surface area contributed by atoms with Crippen LogP contribution >= 0.6 is 0 Å². The monoisotopic (exact) mass is 336 g/mol. The van der Waals surface area contributed by atoms with E-state index in [1.54, 1.807) is 18.2 Å². The van der Waals surface area contributed by atoms with Gasteiger partial charge < -0.3 is 15.4 Å². The molecule has 1 fully saturated rings. The molecule has 0 heterocycles. The first kappa shape index (κ1) is 18.2. The lowest BCUT2D eigenvalue weighted by Gasteiger charge is -2.31. The number of benzene rings is 1. The minimum absolute atomic E-state index is 0.0540. The van der Waals surface area contributed by atoms with E-state index in [-0.39, 0.29) is 48.1 Å². The molecule has 2 N–H and O–H groups in total. The fourth-order valence-electron chi connectivity index (χ4n) is 2.15. The van der Waals surface area contributed by atoms with Gasteiger partial charge in [0.05, 0.1) is 12.6 Å². The molecule has 1 atom stereocenters. The Labute approximate surface area is 142 Å². The topological polar surface area (TPSA) is 67.4 Å². The number of halogens is 1. The number of hydrogen-bond acceptors (Lipinski definition) is 3. The summed E-state index contributed by atoms with van der Waals surface area (Å²) in [6.45, 7) is 5.98. The third-order valence-electron chi connectivity index (χ3n) is 3.99. The molecule has 1 aromatic carbocycles. The molecule has 1 aromatic rings. The number of ether oxygens (including phenoxy) is 1. The molecule has 24 heavy (non-hydrogen) atoms. The first-order chi connectivity index (χ1) is 11.3. The Morgan fingerprint density at radius 1 is 1.29 bits per heavy atom. The minimum atomic E-state index is -0.437. The molecule has 132 valence electrons. The number of nitrogens with one attached hydrogen (secondary N) is 2. The molecule has 1 aliphatic rings. The molecule has 6 heteroatoms. The van der Waals surface area contributed by atoms with Crippen molar-refractivity contribution in [2.45, 2.75) is 39.7 Å². The number of rotatable bonds is 7. The molecular weight excluding hydrogens is 311 g/mol. The Hall–Kier alpha value is -2.11. The molecule has 2 rings (SSSR count). The molecule has 2 amide bonds. The van der Waals surface area contributed by atoms with Gasteiger partial charge in [-0.3, -0.25) is 9.59 Å². The zero-order chi connectivity index (χ0) is 17.7. The van der Waals surface area contributed by atoms with Crippen LogP contribution in [0.25, 0.3) is 0 Å². The van der Waals surface area contributed by atoms with E-state index < -0.39 is 5.82 Å². The number of carbonyl (C=O) groups is 2. The van der Waals surface area contributed by atoms with Crippen molar-refractivity contribution in [1.29, 1.82) is 0 Å². The van der Waals surface area contributed by atoms with E-state index >= 15 is 0 Å². The summed E-state index contributed by atoms with van der Waals surface area (Å²) in [5, 5.41) is 5.49. The van der Waals surface area contributed by atoms with Gasteiger partial charge in [0.25, 0.3) is 0 Å². The van der Waals surface area contributed by atoms with Gasteiger partial charge in [-0.05, 0) is 30.4 Å². The lowest BCUT2D eigenvalue weighted by molar-refractivity contribution is -0.127. The maximum absolute atomic E-state index is 13.6. The van der Waals surface area contributed by atoms with E-state index in [2.05, 4.69) is 10.6 Å². The zero-order valence-electron chi connectivity index (χ0n) is 14.4. The van der Waals surface area contributed by atoms with Gasteiger partial charge in [0.2, 0.25) is 11.8 Å². The summed E-state index contributed by atoms with van der Waals surface area (Å²) in [7, 11) is 0. The van der Waals surface area contributed by atoms with Crippen molar-refractivity contribution in [3.63, 3.8) is 0 Å². The molecule has 1 saturated carbocycles. The number of carbonyl (C=O) groups excluding carboxylic acids is 2. The van der Waals surface area contributed by atoms with Crippen molar-refractivity contribution in [2.75, 3.05) is 13.2 Å². The Bertz CT molecular complexity index is 594. The van der Waals surface area contributed by atoms with Crippen molar-refractivity contribution in [2.24, 2.45) is 11.3 Å². The van der Waals surface area contributed by atoms with E-state index in [0.717, 1.165) is 12.8 Å². The summed E-state index contributed by atoms with van der Waals surface area (Å²) in [5.74, 6) is -0.557. The van der Waals surface area contributed by atoms with Crippen LogP contribution in [-0.4, -0.2) is 31.0 Å². The van der Waals surface area contributed by atoms with Crippen LogP contribution in [0.2, 0.25) is 0 Å². The second-order valence-corrected chi connectivity index (χ2v) is 7.22. The van der Waals surface area contributed by atoms with Crippen molar-refractivity contribution < 1.29 is 18.7 Å². The molecule has 0 saturated heterocycles. The van der Waals surface area contributed by atoms with Crippen LogP contribution in [0, 0.1) is 17.2 Å². The third kappa shape index (κ3) is 5.51. The van der Waals surface area contributed by atoms with Crippen molar-refractivity contribution in [3.8, 4) is 5.75 Å². The van der Waals surface area contributed by atoms with Crippen molar-refractivity contribution in [3.05, 3.63) is 30.1 Å². The van der Waals surface area contributed by atoms with Gasteiger partial charge in [0.1, 0.15) is 6.61 Å². The number of para-hydroxylation sites is 1. The van der Waals surface area contributed by atoms with Crippen LogP contribution in [0.15, 0.2) is 24.3 Å². The highest BCUT2D eigenvalue weighted by Gasteiger charge is 2.31. The average molecular weight is 336 g/mol. The Kier molecular flexibility index (Phi) is 5.80. The van der Waals surface area contributed by atoms with Crippen LogP contribution < -0.4 is 15.4 Å². The largest absolute Gasteiger partial charge is 0.488 e. The molecule has 5 nitrogen and oxygen atoms in total. The standard InChI is InChI=1S/C18H25FN2O3/c1-18(2,3)15(11-24-14-7-5-4-6-13(14)19)21-16(22)10-20-17(23)12-8-9-12/h4-7,12,15H,8-11H2,1-3H3,(H,20,23)(H,21,22). The fourth-order valence-corrected chi connectivity index (χ4v) is 2.15. The summed E-state index contributed by atoms with van der Waals surface area (Å²) in [4.78, 5) is 23.7. The highest BCUT2D eigenvalue weighted by Crippen LogP contribution is 2.28. The van der Waals surface area contributed by atoms with Crippen LogP contribution in [0.4, 0.5) is 4.39 Å². The van der Waals surface area contributed by atoms with Crippen molar-refractivity contribution >= 4 is 11.8 Å². The summed E-state index contributed by atoms with van der Waals surface area (Å²) in [6.07, 6.45) is 1.79. The number of hydrogen-bond donors (Lipinski definition) is 2. The highest BCUT2D eigenvalue weighted by molar-refractivity contribution is 5.87. The molecule has 0 aliphatic heterocycles. The molecule has 1 unspecified atom stereocenters. The quantitative estimate of drug-likeness (QED) is 0.803. The van der Waals surface area contributed by atoms with E-state index in [1.807, 2.05) is 20.8 Å². The lowest BCUT2D eigenvalue weighted by atomic mass is 9.87. The van der Waals surface area contributed by atoms with E-state index in [0.29, 0.717) is 0 Å². The first-order valence-corrected chi connectivity index (χ1v) is 8.22. The van der Waals surface area contributed by atoms with Gasteiger partial charge in [-0.25, -0.2) is 4.39 Å². The van der Waals surface area contributed by atoms with Crippen LogP contribution in [-0.2, 0) is 9.59 Å². The third-order valence-corrected chi connectivity index (χ3v) is 3.99. The van der Waals surface area contributed by atoms with Crippen molar-refractivity contribution in [1.82, 2.24) is 10.6 Å². The molecule has 0 aromatic heterocycles. The molecule has 0 bridgehead atoms. The van der Waals surface area contributed by atoms with Crippen LogP contribution in [0.5, 0.6) is 5.75 Å². The molecule has 1 aliphatic carbocycles. The van der Waals surface area contributed by atoms with Gasteiger partial charge in [0, 0.05) is 5.92 Å². The molecule has 0 spiro atoms. The Balaban J connectivity index is 1.87. The SMILES string of the molecule is CC(C)(C)C(COc1ccccc1F)NC(=O)CNC(=O)C1CC1. The smallest absolute Gasteiger partial charge is 0.239 e. The van der Waals surface area contributed by atoms with E-state index in [1.165, 1.54) is 6.07 Å². The van der Waals surface area contributed by atoms with Crippen LogP contribution in [0.3, 0.4) is 0 Å². The zero-order valence-corrected chi connectivity index (χ0v) is 14.4. The number of amides is 2. The first-order valence-electron chi connectivity index (χ1n) is 8.22. The van der Waals surface area contributed by atoms with E-state index in [4.69, 9.17) is 4.74 Å². The minimum Gasteiger partial charge on any atom is -0.488 e. The van der Waals surface area contributed by atoms with Gasteiger partial charge in [0.15, 0.2) is 11.6 Å². The molecular formula is C18H25FN2O3. The Morgan fingerprint density at radius 3 is 2.54 bits per heavy atom. The van der Waals surface area contributed by atoms with Gasteiger partial charge in [-0.2, -0.15) is 0 Å². The van der Waals surface area contributed by atoms with Gasteiger partial charge >= 0.3 is 0 Å². The maximum Gasteiger partial charge on any atom is 0.239 e. The second kappa shape index (κ2) is 7.64. The summed E-state index contributed by atoms with van der Waals surface area (Å²) in [5.41, 5.74) is -0.276. The second-order valence-electron chi connectivity index (χ2n) is 7.22. The average Bonchev–Trinajstić information content (AvgIpc) is 3.34. The molecule has 0 radical (unpaired) electrons.